The highest BCUT2D eigenvalue weighted by molar-refractivity contribution is 5.21. The van der Waals surface area contributed by atoms with Gasteiger partial charge in [-0.25, -0.2) is 0 Å². The quantitative estimate of drug-likeness (QED) is 0.536. The molecule has 0 atom stereocenters. The average molecular weight is 150 g/mol. The van der Waals surface area contributed by atoms with Crippen molar-refractivity contribution in [2.75, 3.05) is 0 Å². The van der Waals surface area contributed by atoms with E-state index in [-0.39, 0.29) is 0 Å². The van der Waals surface area contributed by atoms with Crippen molar-refractivity contribution in [3.8, 4) is 0 Å². The topological polar surface area (TPSA) is 0 Å². The van der Waals surface area contributed by atoms with Crippen molar-refractivity contribution >= 4 is 0 Å². The maximum absolute atomic E-state index is 2.22. The van der Waals surface area contributed by atoms with Gasteiger partial charge in [0.25, 0.3) is 0 Å². The Morgan fingerprint density at radius 1 is 1.18 bits per heavy atom. The Kier molecular flexibility index (Phi) is 5.54. The monoisotopic (exact) mass is 150 g/mol. The van der Waals surface area contributed by atoms with E-state index in [4.69, 9.17) is 0 Å². The zero-order chi connectivity index (χ0) is 8.69. The van der Waals surface area contributed by atoms with Crippen molar-refractivity contribution in [3.05, 3.63) is 35.5 Å². The number of hydrogen-bond donors (Lipinski definition) is 0. The van der Waals surface area contributed by atoms with E-state index in [2.05, 4.69) is 52.0 Å². The van der Waals surface area contributed by atoms with Gasteiger partial charge in [0.1, 0.15) is 0 Å². The summed E-state index contributed by atoms with van der Waals surface area (Å²) in [5.74, 6) is 0. The van der Waals surface area contributed by atoms with Crippen LogP contribution in [0.25, 0.3) is 0 Å². The van der Waals surface area contributed by atoms with Gasteiger partial charge in [0, 0.05) is 0 Å². The Bertz CT molecular complexity index is 176. The van der Waals surface area contributed by atoms with E-state index in [0.29, 0.717) is 0 Å². The molecule has 0 aromatic carbocycles. The summed E-state index contributed by atoms with van der Waals surface area (Å²) < 4.78 is 0. The van der Waals surface area contributed by atoms with Crippen molar-refractivity contribution in [1.82, 2.24) is 0 Å². The Morgan fingerprint density at radius 2 is 1.82 bits per heavy atom. The molecule has 0 aliphatic heterocycles. The fraction of sp³-hybridized carbons (Fsp3) is 0.455. The van der Waals surface area contributed by atoms with Gasteiger partial charge in [0.2, 0.25) is 0 Å². The summed E-state index contributed by atoms with van der Waals surface area (Å²) in [6.45, 7) is 8.48. The van der Waals surface area contributed by atoms with Gasteiger partial charge in [-0.15, -0.1) is 0 Å². The second kappa shape index (κ2) is 5.96. The molecule has 0 aromatic rings. The van der Waals surface area contributed by atoms with Gasteiger partial charge in [0.15, 0.2) is 0 Å². The first kappa shape index (κ1) is 10.2. The molecule has 62 valence electrons. The molecule has 0 rings (SSSR count). The van der Waals surface area contributed by atoms with Gasteiger partial charge in [-0.3, -0.25) is 0 Å². The Balaban J connectivity index is 3.93. The first-order valence-electron chi connectivity index (χ1n) is 4.15. The van der Waals surface area contributed by atoms with Gasteiger partial charge in [-0.05, 0) is 27.2 Å². The van der Waals surface area contributed by atoms with E-state index in [1.807, 2.05) is 0 Å². The van der Waals surface area contributed by atoms with Gasteiger partial charge >= 0.3 is 0 Å². The number of rotatable bonds is 3. The van der Waals surface area contributed by atoms with Crippen LogP contribution in [0.2, 0.25) is 0 Å². The van der Waals surface area contributed by atoms with Crippen LogP contribution in [-0.2, 0) is 0 Å². The maximum Gasteiger partial charge on any atom is -0.0374 e. The lowest BCUT2D eigenvalue weighted by Gasteiger charge is -1.88. The Labute approximate surface area is 70.3 Å². The molecule has 0 fully saturated rings. The largest absolute Gasteiger partial charge is 0.0819 e. The zero-order valence-electron chi connectivity index (χ0n) is 8.02. The summed E-state index contributed by atoms with van der Waals surface area (Å²) >= 11 is 0. The predicted octanol–water partition coefficient (Wildman–Crippen LogP) is 3.87. The zero-order valence-corrected chi connectivity index (χ0v) is 8.02. The minimum atomic E-state index is 1.12. The number of allylic oxidation sites excluding steroid dienone is 6. The van der Waals surface area contributed by atoms with Gasteiger partial charge in [-0.1, -0.05) is 42.4 Å². The van der Waals surface area contributed by atoms with Crippen LogP contribution < -0.4 is 0 Å². The molecule has 0 radical (unpaired) electrons. The SMILES string of the molecule is CC/C=C(C)\C=C/C=C(C)C. The van der Waals surface area contributed by atoms with Crippen LogP contribution >= 0.6 is 0 Å². The summed E-state index contributed by atoms with van der Waals surface area (Å²) in [4.78, 5) is 0. The third-order valence-corrected chi connectivity index (χ3v) is 1.31. The fourth-order valence-corrected chi connectivity index (χ4v) is 0.782. The normalized spacial score (nSPS) is 12.2. The van der Waals surface area contributed by atoms with Crippen molar-refractivity contribution in [2.45, 2.75) is 34.1 Å². The summed E-state index contributed by atoms with van der Waals surface area (Å²) in [6, 6.07) is 0. The lowest BCUT2D eigenvalue weighted by atomic mass is 10.2. The summed E-state index contributed by atoms with van der Waals surface area (Å²) in [6.07, 6.45) is 9.68. The highest BCUT2D eigenvalue weighted by atomic mass is 13.8. The fourth-order valence-electron chi connectivity index (χ4n) is 0.782. The van der Waals surface area contributed by atoms with Crippen molar-refractivity contribution in [2.24, 2.45) is 0 Å². The van der Waals surface area contributed by atoms with Crippen LogP contribution in [-0.4, -0.2) is 0 Å². The molecule has 0 spiro atoms. The molecule has 0 aliphatic carbocycles. The second-order valence-corrected chi connectivity index (χ2v) is 2.96. The standard InChI is InChI=1S/C11H18/c1-5-7-11(4)9-6-8-10(2)3/h6-9H,5H2,1-4H3/b9-6-,11-7-. The third-order valence-electron chi connectivity index (χ3n) is 1.31. The Hall–Kier alpha value is -0.780. The Morgan fingerprint density at radius 3 is 2.27 bits per heavy atom. The van der Waals surface area contributed by atoms with Crippen LogP contribution in [0.5, 0.6) is 0 Å². The summed E-state index contributed by atoms with van der Waals surface area (Å²) in [5, 5.41) is 0. The van der Waals surface area contributed by atoms with Gasteiger partial charge in [0.05, 0.1) is 0 Å². The minimum absolute atomic E-state index is 1.12. The van der Waals surface area contributed by atoms with E-state index < -0.39 is 0 Å². The van der Waals surface area contributed by atoms with Crippen LogP contribution in [0.3, 0.4) is 0 Å². The lowest BCUT2D eigenvalue weighted by Crippen LogP contribution is -1.66. The predicted molar refractivity (Wildman–Crippen MR) is 52.6 cm³/mol. The molecule has 0 heteroatoms. The summed E-state index contributed by atoms with van der Waals surface area (Å²) in [7, 11) is 0. The van der Waals surface area contributed by atoms with Crippen LogP contribution in [0.4, 0.5) is 0 Å². The van der Waals surface area contributed by atoms with Crippen LogP contribution in [0, 0.1) is 0 Å². The van der Waals surface area contributed by atoms with E-state index in [9.17, 15) is 0 Å². The maximum atomic E-state index is 2.22. The second-order valence-electron chi connectivity index (χ2n) is 2.96. The number of hydrogen-bond acceptors (Lipinski definition) is 0. The van der Waals surface area contributed by atoms with Gasteiger partial charge in [-0.2, -0.15) is 0 Å². The highest BCUT2D eigenvalue weighted by Gasteiger charge is 1.77. The lowest BCUT2D eigenvalue weighted by molar-refractivity contribution is 1.20. The molecule has 0 saturated heterocycles. The smallest absolute Gasteiger partial charge is 0.0374 e. The van der Waals surface area contributed by atoms with Crippen molar-refractivity contribution in [3.63, 3.8) is 0 Å². The molecule has 0 heterocycles. The van der Waals surface area contributed by atoms with Crippen LogP contribution in [0.1, 0.15) is 34.1 Å². The molecule has 0 saturated carbocycles. The highest BCUT2D eigenvalue weighted by Crippen LogP contribution is 1.98. The van der Waals surface area contributed by atoms with E-state index >= 15 is 0 Å². The molecule has 0 aromatic heterocycles. The van der Waals surface area contributed by atoms with E-state index in [1.54, 1.807) is 0 Å². The van der Waals surface area contributed by atoms with E-state index in [0.717, 1.165) is 6.42 Å². The summed E-state index contributed by atoms with van der Waals surface area (Å²) in [5.41, 5.74) is 2.68. The molecule has 0 bridgehead atoms. The van der Waals surface area contributed by atoms with Gasteiger partial charge < -0.3 is 0 Å². The van der Waals surface area contributed by atoms with Crippen LogP contribution in [0.15, 0.2) is 35.5 Å². The van der Waals surface area contributed by atoms with Crippen molar-refractivity contribution < 1.29 is 0 Å². The van der Waals surface area contributed by atoms with E-state index in [1.165, 1.54) is 11.1 Å². The molecule has 0 nitrogen and oxygen atoms in total. The molecule has 0 amide bonds. The van der Waals surface area contributed by atoms with Crippen molar-refractivity contribution in [1.29, 1.82) is 0 Å². The average Bonchev–Trinajstić information content (AvgIpc) is 1.87. The first-order valence-corrected chi connectivity index (χ1v) is 4.15. The molecular formula is C11H18. The molecule has 0 aliphatic rings. The molecule has 0 N–H and O–H groups in total. The molecule has 0 unspecified atom stereocenters. The molecule has 11 heavy (non-hydrogen) atoms. The minimum Gasteiger partial charge on any atom is -0.0819 e. The first-order chi connectivity index (χ1) is 5.16. The third kappa shape index (κ3) is 7.11. The molecular weight excluding hydrogens is 132 g/mol.